The van der Waals surface area contributed by atoms with E-state index in [9.17, 15) is 14.0 Å². The van der Waals surface area contributed by atoms with Crippen LogP contribution in [0.5, 0.6) is 0 Å². The number of halogens is 2. The molecule has 33 heavy (non-hydrogen) atoms. The topological polar surface area (TPSA) is 65.2 Å². The molecule has 0 fully saturated rings. The third-order valence-electron chi connectivity index (χ3n) is 5.48. The van der Waals surface area contributed by atoms with Crippen molar-refractivity contribution in [3.63, 3.8) is 0 Å². The summed E-state index contributed by atoms with van der Waals surface area (Å²) in [5.41, 5.74) is 2.79. The number of urea groups is 1. The van der Waals surface area contributed by atoms with Gasteiger partial charge in [-0.25, -0.2) is 9.18 Å². The van der Waals surface area contributed by atoms with E-state index in [1.54, 1.807) is 30.3 Å². The fraction of sp³-hybridized carbons (Fsp3) is 0.154. The van der Waals surface area contributed by atoms with E-state index in [0.29, 0.717) is 16.1 Å². The maximum atomic E-state index is 14.1. The number of anilines is 1. The van der Waals surface area contributed by atoms with Gasteiger partial charge in [-0.15, -0.1) is 0 Å². The Kier molecular flexibility index (Phi) is 6.75. The Labute approximate surface area is 195 Å². The number of amides is 2. The van der Waals surface area contributed by atoms with Gasteiger partial charge in [0, 0.05) is 22.6 Å². The number of aromatic nitrogens is 1. The Bertz CT molecular complexity index is 1370. The zero-order valence-corrected chi connectivity index (χ0v) is 18.8. The molecule has 3 aromatic carbocycles. The van der Waals surface area contributed by atoms with Crippen molar-refractivity contribution < 1.29 is 9.18 Å². The number of aromatic amines is 1. The lowest BCUT2D eigenvalue weighted by atomic mass is 10.1. The number of carbonyl (C=O) groups excluding carboxylic acids is 1. The lowest BCUT2D eigenvalue weighted by Gasteiger charge is -2.24. The van der Waals surface area contributed by atoms with Crippen molar-refractivity contribution in [1.82, 2.24) is 9.88 Å². The van der Waals surface area contributed by atoms with Gasteiger partial charge in [-0.05, 0) is 59.3 Å². The summed E-state index contributed by atoms with van der Waals surface area (Å²) in [5, 5.41) is 3.99. The number of nitrogens with zero attached hydrogens (tertiary/aromatic N) is 1. The van der Waals surface area contributed by atoms with Crippen LogP contribution in [0, 0.1) is 5.82 Å². The number of hydrogen-bond donors (Lipinski definition) is 2. The minimum Gasteiger partial charge on any atom is -0.322 e. The van der Waals surface area contributed by atoms with Crippen LogP contribution in [0.15, 0.2) is 77.6 Å². The average Bonchev–Trinajstić information content (AvgIpc) is 2.81. The molecule has 0 atom stereocenters. The van der Waals surface area contributed by atoms with E-state index >= 15 is 0 Å². The maximum absolute atomic E-state index is 14.1. The smallest absolute Gasteiger partial charge is 0.322 e. The van der Waals surface area contributed by atoms with Crippen molar-refractivity contribution >= 4 is 34.2 Å². The first-order valence-electron chi connectivity index (χ1n) is 10.6. The summed E-state index contributed by atoms with van der Waals surface area (Å²) >= 11 is 6.32. The van der Waals surface area contributed by atoms with Crippen molar-refractivity contribution in [3.05, 3.63) is 111 Å². The minimum atomic E-state index is -0.542. The summed E-state index contributed by atoms with van der Waals surface area (Å²) in [4.78, 5) is 30.3. The molecule has 4 aromatic rings. The molecular weight excluding hydrogens is 441 g/mol. The van der Waals surface area contributed by atoms with Gasteiger partial charge < -0.3 is 15.2 Å². The zero-order chi connectivity index (χ0) is 23.4. The standard InChI is InChI=1S/C26H23ClFN3O2/c1-2-17-11-12-23-19(13-17)14-20(25(32)29-23)16-31(15-18-7-3-4-8-21(18)27)26(33)30-24-10-6-5-9-22(24)28/h3-14H,2,15-16H2,1H3,(H,29,32)(H,30,33). The second-order valence-corrected chi connectivity index (χ2v) is 8.16. The fourth-order valence-electron chi connectivity index (χ4n) is 3.63. The summed E-state index contributed by atoms with van der Waals surface area (Å²) < 4.78 is 14.1. The highest BCUT2D eigenvalue weighted by Gasteiger charge is 2.19. The van der Waals surface area contributed by atoms with Crippen LogP contribution < -0.4 is 10.9 Å². The molecule has 4 rings (SSSR count). The molecular formula is C26H23ClFN3O2. The number of hydrogen-bond acceptors (Lipinski definition) is 2. The SMILES string of the molecule is CCc1ccc2[nH]c(=O)c(CN(Cc3ccccc3Cl)C(=O)Nc3ccccc3F)cc2c1. The van der Waals surface area contributed by atoms with Gasteiger partial charge in [-0.2, -0.15) is 0 Å². The van der Waals surface area contributed by atoms with E-state index in [2.05, 4.69) is 17.2 Å². The van der Waals surface area contributed by atoms with Crippen LogP contribution in [-0.2, 0) is 19.5 Å². The summed E-state index contributed by atoms with van der Waals surface area (Å²) in [6, 6.07) is 20.2. The first kappa shape index (κ1) is 22.6. The van der Waals surface area contributed by atoms with E-state index in [0.717, 1.165) is 22.9 Å². The van der Waals surface area contributed by atoms with Gasteiger partial charge in [-0.1, -0.05) is 54.9 Å². The Balaban J connectivity index is 1.69. The Morgan fingerprint density at radius 3 is 2.48 bits per heavy atom. The Morgan fingerprint density at radius 1 is 1.00 bits per heavy atom. The number of carbonyl (C=O) groups is 1. The zero-order valence-electron chi connectivity index (χ0n) is 18.1. The third kappa shape index (κ3) is 5.23. The predicted octanol–water partition coefficient (Wildman–Crippen LogP) is 6.12. The van der Waals surface area contributed by atoms with Crippen molar-refractivity contribution in [2.24, 2.45) is 0 Å². The number of pyridine rings is 1. The summed E-state index contributed by atoms with van der Waals surface area (Å²) in [6.45, 7) is 2.23. The predicted molar refractivity (Wildman–Crippen MR) is 130 cm³/mol. The average molecular weight is 464 g/mol. The van der Waals surface area contributed by atoms with Gasteiger partial charge in [-0.3, -0.25) is 4.79 Å². The van der Waals surface area contributed by atoms with Crippen molar-refractivity contribution in [3.8, 4) is 0 Å². The summed E-state index contributed by atoms with van der Waals surface area (Å²) in [5.74, 6) is -0.542. The highest BCUT2D eigenvalue weighted by atomic mass is 35.5. The molecule has 7 heteroatoms. The Hall–Kier alpha value is -3.64. The minimum absolute atomic E-state index is 0.0210. The number of H-pyrrole nitrogens is 1. The van der Waals surface area contributed by atoms with E-state index in [1.807, 2.05) is 30.3 Å². The molecule has 0 aliphatic rings. The molecule has 0 spiro atoms. The van der Waals surface area contributed by atoms with Gasteiger partial charge in [0.2, 0.25) is 0 Å². The Morgan fingerprint density at radius 2 is 1.73 bits per heavy atom. The summed E-state index contributed by atoms with van der Waals surface area (Å²) in [7, 11) is 0. The number of rotatable bonds is 6. The third-order valence-corrected chi connectivity index (χ3v) is 5.85. The van der Waals surface area contributed by atoms with Crippen LogP contribution in [-0.4, -0.2) is 15.9 Å². The van der Waals surface area contributed by atoms with Crippen LogP contribution in [0.2, 0.25) is 5.02 Å². The summed E-state index contributed by atoms with van der Waals surface area (Å²) in [6.07, 6.45) is 0.869. The molecule has 1 heterocycles. The van der Waals surface area contributed by atoms with Gasteiger partial charge >= 0.3 is 6.03 Å². The second kappa shape index (κ2) is 9.88. The van der Waals surface area contributed by atoms with Crippen LogP contribution >= 0.6 is 11.6 Å². The van der Waals surface area contributed by atoms with Crippen molar-refractivity contribution in [1.29, 1.82) is 0 Å². The highest BCUT2D eigenvalue weighted by molar-refractivity contribution is 6.31. The maximum Gasteiger partial charge on any atom is 0.322 e. The molecule has 168 valence electrons. The normalized spacial score (nSPS) is 10.9. The van der Waals surface area contributed by atoms with Crippen LogP contribution in [0.1, 0.15) is 23.6 Å². The monoisotopic (exact) mass is 463 g/mol. The molecule has 0 saturated carbocycles. The second-order valence-electron chi connectivity index (χ2n) is 7.76. The largest absolute Gasteiger partial charge is 0.322 e. The van der Waals surface area contributed by atoms with Gasteiger partial charge in [0.05, 0.1) is 12.2 Å². The molecule has 0 aliphatic heterocycles. The molecule has 1 aromatic heterocycles. The van der Waals surface area contributed by atoms with Crippen LogP contribution in [0.25, 0.3) is 10.9 Å². The molecule has 0 aliphatic carbocycles. The molecule has 2 N–H and O–H groups in total. The molecule has 0 bridgehead atoms. The van der Waals surface area contributed by atoms with Crippen LogP contribution in [0.4, 0.5) is 14.9 Å². The van der Waals surface area contributed by atoms with Crippen molar-refractivity contribution in [2.45, 2.75) is 26.4 Å². The number of aryl methyl sites for hydroxylation is 1. The van der Waals surface area contributed by atoms with Gasteiger partial charge in [0.15, 0.2) is 0 Å². The quantitative estimate of drug-likeness (QED) is 0.362. The van der Waals surface area contributed by atoms with E-state index < -0.39 is 11.8 Å². The molecule has 2 amide bonds. The molecule has 0 unspecified atom stereocenters. The molecule has 5 nitrogen and oxygen atoms in total. The van der Waals surface area contributed by atoms with E-state index in [-0.39, 0.29) is 24.3 Å². The first-order valence-corrected chi connectivity index (χ1v) is 11.0. The lowest BCUT2D eigenvalue weighted by Crippen LogP contribution is -2.36. The number of fused-ring (bicyclic) bond motifs is 1. The van der Waals surface area contributed by atoms with Crippen molar-refractivity contribution in [2.75, 3.05) is 5.32 Å². The number of para-hydroxylation sites is 1. The van der Waals surface area contributed by atoms with Gasteiger partial charge in [0.25, 0.3) is 5.56 Å². The van der Waals surface area contributed by atoms with E-state index in [1.165, 1.54) is 17.0 Å². The fourth-order valence-corrected chi connectivity index (χ4v) is 3.83. The molecule has 0 radical (unpaired) electrons. The highest BCUT2D eigenvalue weighted by Crippen LogP contribution is 2.21. The lowest BCUT2D eigenvalue weighted by molar-refractivity contribution is 0.206. The number of nitrogens with one attached hydrogen (secondary N) is 2. The first-order chi connectivity index (χ1) is 15.9. The van der Waals surface area contributed by atoms with E-state index in [4.69, 9.17) is 11.6 Å². The number of benzene rings is 3. The molecule has 0 saturated heterocycles. The van der Waals surface area contributed by atoms with Crippen LogP contribution in [0.3, 0.4) is 0 Å². The van der Waals surface area contributed by atoms with Gasteiger partial charge in [0.1, 0.15) is 5.82 Å².